The lowest BCUT2D eigenvalue weighted by Crippen LogP contribution is -2.26. The van der Waals surface area contributed by atoms with Crippen LogP contribution < -0.4 is 11.1 Å². The Hall–Kier alpha value is -2.36. The van der Waals surface area contributed by atoms with Crippen molar-refractivity contribution in [2.24, 2.45) is 0 Å². The van der Waals surface area contributed by atoms with E-state index in [0.717, 1.165) is 17.2 Å². The van der Waals surface area contributed by atoms with Crippen molar-refractivity contribution in [1.29, 1.82) is 0 Å². The van der Waals surface area contributed by atoms with Crippen molar-refractivity contribution in [3.63, 3.8) is 0 Å². The molecule has 0 spiro atoms. The number of carbonyl (C=O) groups is 1. The molecule has 3 N–H and O–H groups in total. The number of anilines is 1. The molecule has 2 aromatic carbocycles. The average Bonchev–Trinajstić information content (AvgIpc) is 2.42. The molecule has 0 aliphatic rings. The van der Waals surface area contributed by atoms with Gasteiger partial charge < -0.3 is 11.1 Å². The largest absolute Gasteiger partial charge is 0.396 e. The fourth-order valence-corrected chi connectivity index (χ4v) is 1.89. The van der Waals surface area contributed by atoms with E-state index in [1.165, 1.54) is 12.1 Å². The number of halogens is 1. The molecular formula is C16H17FN2O. The van der Waals surface area contributed by atoms with Crippen LogP contribution in [0.25, 0.3) is 0 Å². The zero-order chi connectivity index (χ0) is 14.7. The van der Waals surface area contributed by atoms with E-state index < -0.39 is 5.82 Å². The van der Waals surface area contributed by atoms with Gasteiger partial charge in [0, 0.05) is 5.56 Å². The molecule has 0 saturated carbocycles. The highest BCUT2D eigenvalue weighted by Crippen LogP contribution is 2.16. The molecule has 3 nitrogen and oxygen atoms in total. The van der Waals surface area contributed by atoms with E-state index in [4.69, 9.17) is 5.73 Å². The highest BCUT2D eigenvalue weighted by Gasteiger charge is 2.12. The predicted octanol–water partition coefficient (Wildman–Crippen LogP) is 3.21. The summed E-state index contributed by atoms with van der Waals surface area (Å²) in [5.74, 6) is -0.905. The maximum absolute atomic E-state index is 13.3. The standard InChI is InChI=1S/C16H17FN2O/c1-10-3-5-12(6-4-10)11(2)19-16(20)13-7-8-15(18)14(17)9-13/h3-9,11H,18H2,1-2H3,(H,19,20). The van der Waals surface area contributed by atoms with Crippen LogP contribution in [-0.2, 0) is 0 Å². The SMILES string of the molecule is Cc1ccc(C(C)NC(=O)c2ccc(N)c(F)c2)cc1. The second kappa shape index (κ2) is 5.74. The van der Waals surface area contributed by atoms with Crippen LogP contribution >= 0.6 is 0 Å². The van der Waals surface area contributed by atoms with Gasteiger partial charge in [-0.25, -0.2) is 4.39 Å². The highest BCUT2D eigenvalue weighted by molar-refractivity contribution is 5.94. The van der Waals surface area contributed by atoms with Gasteiger partial charge in [0.1, 0.15) is 5.82 Å². The topological polar surface area (TPSA) is 55.1 Å². The summed E-state index contributed by atoms with van der Waals surface area (Å²) in [4.78, 5) is 12.0. The molecule has 1 amide bonds. The fraction of sp³-hybridized carbons (Fsp3) is 0.188. The van der Waals surface area contributed by atoms with Gasteiger partial charge in [-0.15, -0.1) is 0 Å². The molecule has 0 radical (unpaired) electrons. The summed E-state index contributed by atoms with van der Waals surface area (Å²) in [6, 6.07) is 11.8. The van der Waals surface area contributed by atoms with Gasteiger partial charge in [-0.3, -0.25) is 4.79 Å². The Bertz CT molecular complexity index is 623. The lowest BCUT2D eigenvalue weighted by Gasteiger charge is -2.15. The van der Waals surface area contributed by atoms with Crippen LogP contribution in [-0.4, -0.2) is 5.91 Å². The second-order valence-corrected chi connectivity index (χ2v) is 4.84. The zero-order valence-corrected chi connectivity index (χ0v) is 11.5. The lowest BCUT2D eigenvalue weighted by molar-refractivity contribution is 0.0939. The molecule has 0 saturated heterocycles. The first kappa shape index (κ1) is 14.1. The number of benzene rings is 2. The third-order valence-corrected chi connectivity index (χ3v) is 3.19. The minimum atomic E-state index is -0.583. The first-order chi connectivity index (χ1) is 9.47. The fourth-order valence-electron chi connectivity index (χ4n) is 1.89. The van der Waals surface area contributed by atoms with Crippen LogP contribution in [0.4, 0.5) is 10.1 Å². The summed E-state index contributed by atoms with van der Waals surface area (Å²) in [6.45, 7) is 3.89. The van der Waals surface area contributed by atoms with Crippen molar-refractivity contribution in [3.8, 4) is 0 Å². The van der Waals surface area contributed by atoms with Gasteiger partial charge in [-0.1, -0.05) is 29.8 Å². The number of hydrogen-bond donors (Lipinski definition) is 2. The second-order valence-electron chi connectivity index (χ2n) is 4.84. The summed E-state index contributed by atoms with van der Waals surface area (Å²) in [6.07, 6.45) is 0. The summed E-state index contributed by atoms with van der Waals surface area (Å²) < 4.78 is 13.3. The minimum absolute atomic E-state index is 0.0353. The van der Waals surface area contributed by atoms with Gasteiger partial charge in [0.25, 0.3) is 5.91 Å². The molecule has 2 rings (SSSR count). The van der Waals surface area contributed by atoms with Crippen molar-refractivity contribution < 1.29 is 9.18 Å². The molecule has 0 bridgehead atoms. The van der Waals surface area contributed by atoms with Crippen LogP contribution in [0.2, 0.25) is 0 Å². The Morgan fingerprint density at radius 1 is 1.20 bits per heavy atom. The van der Waals surface area contributed by atoms with Crippen LogP contribution in [0.3, 0.4) is 0 Å². The van der Waals surface area contributed by atoms with E-state index in [0.29, 0.717) is 0 Å². The summed E-state index contributed by atoms with van der Waals surface area (Å²) in [7, 11) is 0. The number of rotatable bonds is 3. The smallest absolute Gasteiger partial charge is 0.251 e. The van der Waals surface area contributed by atoms with E-state index >= 15 is 0 Å². The molecular weight excluding hydrogens is 255 g/mol. The molecule has 1 atom stereocenters. The number of aryl methyl sites for hydroxylation is 1. The summed E-state index contributed by atoms with van der Waals surface area (Å²) in [5, 5.41) is 2.83. The first-order valence-electron chi connectivity index (χ1n) is 6.40. The van der Waals surface area contributed by atoms with Crippen molar-refractivity contribution in [3.05, 3.63) is 65.0 Å². The number of carbonyl (C=O) groups excluding carboxylic acids is 1. The average molecular weight is 272 g/mol. The van der Waals surface area contributed by atoms with E-state index in [9.17, 15) is 9.18 Å². The summed E-state index contributed by atoms with van der Waals surface area (Å²) >= 11 is 0. The van der Waals surface area contributed by atoms with E-state index in [-0.39, 0.29) is 23.2 Å². The third-order valence-electron chi connectivity index (χ3n) is 3.19. The molecule has 0 fully saturated rings. The Morgan fingerprint density at radius 2 is 1.85 bits per heavy atom. The Balaban J connectivity index is 2.10. The maximum Gasteiger partial charge on any atom is 0.251 e. The molecule has 2 aromatic rings. The number of hydrogen-bond acceptors (Lipinski definition) is 2. The number of nitrogens with one attached hydrogen (secondary N) is 1. The quantitative estimate of drug-likeness (QED) is 0.843. The van der Waals surface area contributed by atoms with E-state index in [2.05, 4.69) is 5.32 Å². The molecule has 0 heterocycles. The van der Waals surface area contributed by atoms with Crippen LogP contribution in [0, 0.1) is 12.7 Å². The Morgan fingerprint density at radius 3 is 2.45 bits per heavy atom. The van der Waals surface area contributed by atoms with Gasteiger partial charge in [0.2, 0.25) is 0 Å². The van der Waals surface area contributed by atoms with Crippen molar-refractivity contribution in [2.75, 3.05) is 5.73 Å². The van der Waals surface area contributed by atoms with Crippen molar-refractivity contribution in [1.82, 2.24) is 5.32 Å². The maximum atomic E-state index is 13.3. The van der Waals surface area contributed by atoms with Crippen molar-refractivity contribution >= 4 is 11.6 Å². The Kier molecular flexibility index (Phi) is 4.03. The molecule has 20 heavy (non-hydrogen) atoms. The van der Waals surface area contributed by atoms with Gasteiger partial charge in [-0.05, 0) is 37.6 Å². The van der Waals surface area contributed by atoms with Crippen LogP contribution in [0.15, 0.2) is 42.5 Å². The third kappa shape index (κ3) is 3.15. The zero-order valence-electron chi connectivity index (χ0n) is 11.5. The molecule has 0 aromatic heterocycles. The van der Waals surface area contributed by atoms with E-state index in [1.807, 2.05) is 38.1 Å². The molecule has 1 unspecified atom stereocenters. The summed E-state index contributed by atoms with van der Waals surface area (Å²) in [5.41, 5.74) is 7.84. The monoisotopic (exact) mass is 272 g/mol. The minimum Gasteiger partial charge on any atom is -0.396 e. The predicted molar refractivity (Wildman–Crippen MR) is 77.9 cm³/mol. The van der Waals surface area contributed by atoms with Gasteiger partial charge >= 0.3 is 0 Å². The van der Waals surface area contributed by atoms with Crippen molar-refractivity contribution in [2.45, 2.75) is 19.9 Å². The highest BCUT2D eigenvalue weighted by atomic mass is 19.1. The molecule has 0 aliphatic heterocycles. The van der Waals surface area contributed by atoms with Gasteiger partial charge in [-0.2, -0.15) is 0 Å². The normalized spacial score (nSPS) is 11.9. The van der Waals surface area contributed by atoms with E-state index in [1.54, 1.807) is 0 Å². The van der Waals surface area contributed by atoms with Gasteiger partial charge in [0.15, 0.2) is 0 Å². The molecule has 4 heteroatoms. The number of amides is 1. The lowest BCUT2D eigenvalue weighted by atomic mass is 10.1. The van der Waals surface area contributed by atoms with Crippen LogP contribution in [0.5, 0.6) is 0 Å². The number of nitrogen functional groups attached to an aromatic ring is 1. The van der Waals surface area contributed by atoms with Gasteiger partial charge in [0.05, 0.1) is 11.7 Å². The molecule has 104 valence electrons. The number of nitrogens with two attached hydrogens (primary N) is 1. The first-order valence-corrected chi connectivity index (χ1v) is 6.40. The molecule has 0 aliphatic carbocycles. The Labute approximate surface area is 117 Å². The van der Waals surface area contributed by atoms with Crippen LogP contribution in [0.1, 0.15) is 34.5 Å².